The van der Waals surface area contributed by atoms with Crippen molar-refractivity contribution in [3.05, 3.63) is 12.7 Å². The number of rotatable bonds is 4. The Morgan fingerprint density at radius 1 is 1.57 bits per heavy atom. The van der Waals surface area contributed by atoms with Crippen molar-refractivity contribution in [3.63, 3.8) is 0 Å². The summed E-state index contributed by atoms with van der Waals surface area (Å²) < 4.78 is 0. The van der Waals surface area contributed by atoms with E-state index in [1.807, 2.05) is 6.08 Å². The second-order valence-corrected chi connectivity index (χ2v) is 4.56. The average Bonchev–Trinajstić information content (AvgIpc) is 2.18. The maximum Gasteiger partial charge on any atom is 0.0222 e. The van der Waals surface area contributed by atoms with Crippen molar-refractivity contribution in [3.8, 4) is 0 Å². The lowest BCUT2D eigenvalue weighted by Crippen LogP contribution is -2.57. The Morgan fingerprint density at radius 2 is 2.29 bits per heavy atom. The Bertz CT molecular complexity index is 177. The third-order valence-electron chi connectivity index (χ3n) is 3.20. The van der Waals surface area contributed by atoms with Crippen LogP contribution in [-0.4, -0.2) is 36.6 Å². The molecule has 2 unspecified atom stereocenters. The lowest BCUT2D eigenvalue weighted by Gasteiger charge is -2.41. The topological polar surface area (TPSA) is 15.3 Å². The molecule has 0 amide bonds. The highest BCUT2D eigenvalue weighted by Gasteiger charge is 2.26. The number of nitrogens with zero attached hydrogens (tertiary/aromatic N) is 1. The normalized spacial score (nSPS) is 29.4. The molecule has 1 N–H and O–H groups in total. The fraction of sp³-hybridized carbons (Fsp3) is 0.833. The minimum atomic E-state index is 0.651. The van der Waals surface area contributed by atoms with Crippen LogP contribution in [0.15, 0.2) is 12.7 Å². The van der Waals surface area contributed by atoms with E-state index in [9.17, 15) is 0 Å². The number of hydrogen-bond donors (Lipinski definition) is 1. The second-order valence-electron chi connectivity index (χ2n) is 4.56. The van der Waals surface area contributed by atoms with Gasteiger partial charge in [-0.05, 0) is 12.3 Å². The molecule has 0 saturated carbocycles. The van der Waals surface area contributed by atoms with Crippen molar-refractivity contribution in [2.75, 3.05) is 19.6 Å². The zero-order valence-electron chi connectivity index (χ0n) is 9.79. The summed E-state index contributed by atoms with van der Waals surface area (Å²) in [5.74, 6) is 0.722. The monoisotopic (exact) mass is 196 g/mol. The molecular weight excluding hydrogens is 172 g/mol. The van der Waals surface area contributed by atoms with Crippen LogP contribution in [0.5, 0.6) is 0 Å². The smallest absolute Gasteiger partial charge is 0.0222 e. The summed E-state index contributed by atoms with van der Waals surface area (Å²) in [4.78, 5) is 2.55. The second kappa shape index (κ2) is 5.52. The first-order chi connectivity index (χ1) is 6.69. The van der Waals surface area contributed by atoms with E-state index >= 15 is 0 Å². The fourth-order valence-electron chi connectivity index (χ4n) is 2.12. The molecule has 0 aliphatic carbocycles. The van der Waals surface area contributed by atoms with Crippen molar-refractivity contribution in [2.45, 2.75) is 39.3 Å². The highest BCUT2D eigenvalue weighted by Crippen LogP contribution is 2.14. The molecular formula is C12H24N2. The van der Waals surface area contributed by atoms with Gasteiger partial charge in [0.1, 0.15) is 0 Å². The van der Waals surface area contributed by atoms with Gasteiger partial charge in [-0.15, -0.1) is 6.58 Å². The molecule has 1 saturated heterocycles. The highest BCUT2D eigenvalue weighted by atomic mass is 15.2. The van der Waals surface area contributed by atoms with E-state index in [1.54, 1.807) is 0 Å². The first-order valence-corrected chi connectivity index (χ1v) is 5.77. The minimum Gasteiger partial charge on any atom is -0.311 e. The molecule has 0 radical (unpaired) electrons. The molecule has 14 heavy (non-hydrogen) atoms. The molecule has 0 spiro atoms. The van der Waals surface area contributed by atoms with Crippen LogP contribution in [0.25, 0.3) is 0 Å². The van der Waals surface area contributed by atoms with Crippen molar-refractivity contribution in [1.29, 1.82) is 0 Å². The zero-order chi connectivity index (χ0) is 10.6. The predicted molar refractivity (Wildman–Crippen MR) is 62.5 cm³/mol. The van der Waals surface area contributed by atoms with Crippen LogP contribution >= 0.6 is 0 Å². The van der Waals surface area contributed by atoms with Crippen molar-refractivity contribution >= 4 is 0 Å². The third kappa shape index (κ3) is 2.82. The number of nitrogens with one attached hydrogen (secondary N) is 1. The first kappa shape index (κ1) is 11.7. The maximum atomic E-state index is 3.83. The van der Waals surface area contributed by atoms with Gasteiger partial charge in [0.15, 0.2) is 0 Å². The van der Waals surface area contributed by atoms with Gasteiger partial charge in [-0.3, -0.25) is 4.90 Å². The average molecular weight is 196 g/mol. The van der Waals surface area contributed by atoms with E-state index in [2.05, 4.69) is 37.6 Å². The molecule has 2 heteroatoms. The van der Waals surface area contributed by atoms with Gasteiger partial charge in [-0.1, -0.05) is 26.8 Å². The van der Waals surface area contributed by atoms with Crippen LogP contribution in [0.4, 0.5) is 0 Å². The van der Waals surface area contributed by atoms with E-state index in [4.69, 9.17) is 0 Å². The van der Waals surface area contributed by atoms with Gasteiger partial charge < -0.3 is 5.32 Å². The van der Waals surface area contributed by atoms with Gasteiger partial charge in [0, 0.05) is 31.7 Å². The van der Waals surface area contributed by atoms with E-state index < -0.39 is 0 Å². The van der Waals surface area contributed by atoms with Crippen LogP contribution in [0.1, 0.15) is 27.2 Å². The Morgan fingerprint density at radius 3 is 2.79 bits per heavy atom. The molecule has 1 aliphatic heterocycles. The molecule has 82 valence electrons. The molecule has 0 bridgehead atoms. The van der Waals surface area contributed by atoms with Crippen LogP contribution in [0, 0.1) is 5.92 Å². The SMILES string of the molecule is C=CCN1CC(C(C)C)NCC1CC. The van der Waals surface area contributed by atoms with Crippen LogP contribution in [0.2, 0.25) is 0 Å². The summed E-state index contributed by atoms with van der Waals surface area (Å²) in [5, 5.41) is 3.63. The molecule has 1 rings (SSSR count). The van der Waals surface area contributed by atoms with Gasteiger partial charge in [0.05, 0.1) is 0 Å². The quantitative estimate of drug-likeness (QED) is 0.691. The summed E-state index contributed by atoms with van der Waals surface area (Å²) >= 11 is 0. The molecule has 0 aromatic heterocycles. The first-order valence-electron chi connectivity index (χ1n) is 5.77. The van der Waals surface area contributed by atoms with Gasteiger partial charge in [0.2, 0.25) is 0 Å². The standard InChI is InChI=1S/C12H24N2/c1-5-7-14-9-12(10(3)4)13-8-11(14)6-2/h5,10-13H,1,6-9H2,2-4H3. The van der Waals surface area contributed by atoms with Gasteiger partial charge in [-0.25, -0.2) is 0 Å². The molecule has 1 fully saturated rings. The van der Waals surface area contributed by atoms with Crippen LogP contribution in [-0.2, 0) is 0 Å². The Hall–Kier alpha value is -0.340. The predicted octanol–water partition coefficient (Wildman–Crippen LogP) is 1.88. The van der Waals surface area contributed by atoms with Crippen LogP contribution in [0.3, 0.4) is 0 Å². The Labute approximate surface area is 88.4 Å². The summed E-state index contributed by atoms with van der Waals surface area (Å²) in [7, 11) is 0. The molecule has 2 atom stereocenters. The van der Waals surface area contributed by atoms with Crippen LogP contribution < -0.4 is 5.32 Å². The van der Waals surface area contributed by atoms with Crippen molar-refractivity contribution < 1.29 is 0 Å². The van der Waals surface area contributed by atoms with E-state index in [-0.39, 0.29) is 0 Å². The highest BCUT2D eigenvalue weighted by molar-refractivity contribution is 4.89. The van der Waals surface area contributed by atoms with E-state index in [0.29, 0.717) is 12.1 Å². The Balaban J connectivity index is 2.52. The number of hydrogen-bond acceptors (Lipinski definition) is 2. The lowest BCUT2D eigenvalue weighted by atomic mass is 9.98. The summed E-state index contributed by atoms with van der Waals surface area (Å²) in [6.07, 6.45) is 3.25. The lowest BCUT2D eigenvalue weighted by molar-refractivity contribution is 0.123. The third-order valence-corrected chi connectivity index (χ3v) is 3.20. The van der Waals surface area contributed by atoms with Gasteiger partial charge >= 0.3 is 0 Å². The largest absolute Gasteiger partial charge is 0.311 e. The van der Waals surface area contributed by atoms with Gasteiger partial charge in [0.25, 0.3) is 0 Å². The minimum absolute atomic E-state index is 0.651. The molecule has 0 aromatic rings. The van der Waals surface area contributed by atoms with Gasteiger partial charge in [-0.2, -0.15) is 0 Å². The Kier molecular flexibility index (Phi) is 4.63. The summed E-state index contributed by atoms with van der Waals surface area (Å²) in [6.45, 7) is 14.0. The van der Waals surface area contributed by atoms with E-state index in [0.717, 1.165) is 19.0 Å². The molecule has 1 aliphatic rings. The maximum absolute atomic E-state index is 3.83. The van der Waals surface area contributed by atoms with Crippen molar-refractivity contribution in [2.24, 2.45) is 5.92 Å². The summed E-state index contributed by atoms with van der Waals surface area (Å²) in [5.41, 5.74) is 0. The molecule has 0 aromatic carbocycles. The zero-order valence-corrected chi connectivity index (χ0v) is 9.79. The summed E-state index contributed by atoms with van der Waals surface area (Å²) in [6, 6.07) is 1.35. The van der Waals surface area contributed by atoms with Crippen molar-refractivity contribution in [1.82, 2.24) is 10.2 Å². The molecule has 2 nitrogen and oxygen atoms in total. The van der Waals surface area contributed by atoms with E-state index in [1.165, 1.54) is 13.0 Å². The molecule has 1 heterocycles. The number of piperazine rings is 1. The fourth-order valence-corrected chi connectivity index (χ4v) is 2.12.